The first-order valence-corrected chi connectivity index (χ1v) is 13.7. The molecule has 0 saturated carbocycles. The molecule has 0 radical (unpaired) electrons. The van der Waals surface area contributed by atoms with Crippen LogP contribution in [-0.4, -0.2) is 6.21 Å². The number of allylic oxidation sites excluding steroid dienone is 2. The summed E-state index contributed by atoms with van der Waals surface area (Å²) in [6.07, 6.45) is 7.60. The van der Waals surface area contributed by atoms with E-state index < -0.39 is 0 Å². The summed E-state index contributed by atoms with van der Waals surface area (Å²) in [6, 6.07) is 27.7. The molecule has 1 N–H and O–H groups in total. The molecule has 0 spiro atoms. The summed E-state index contributed by atoms with van der Waals surface area (Å²) in [5.74, 6) is 1.39. The molecule has 2 aliphatic rings. The number of rotatable bonds is 6. The molecule has 0 bridgehead atoms. The quantitative estimate of drug-likeness (QED) is 0.186. The van der Waals surface area contributed by atoms with E-state index in [0.717, 1.165) is 27.7 Å². The predicted molar refractivity (Wildman–Crippen MR) is 156 cm³/mol. The molecule has 0 unspecified atom stereocenters. The summed E-state index contributed by atoms with van der Waals surface area (Å²) >= 11 is 3.54. The van der Waals surface area contributed by atoms with Crippen molar-refractivity contribution in [2.75, 3.05) is 5.32 Å². The standard InChI is InChI=1S/C33H28BrFN2O/c1-21-8-14-31-30(16-21)28-6-3-7-29(28)33(37-31)23-9-12-27(13-10-23)36-19-24-18-25(34)11-15-32(24)38-20-22-4-2-5-26(35)17-22/h2-6,8-19,28-29,33,37H,7,20H2,1H3/t28-,29+,33-/m1/s1. The van der Waals surface area contributed by atoms with Gasteiger partial charge in [-0.05, 0) is 84.5 Å². The Morgan fingerprint density at radius 3 is 2.74 bits per heavy atom. The fourth-order valence-electron chi connectivity index (χ4n) is 5.50. The van der Waals surface area contributed by atoms with Crippen LogP contribution in [0.2, 0.25) is 0 Å². The molecular formula is C33H28BrFN2O. The SMILES string of the molecule is Cc1ccc2c(c1)[C@@H]1C=CC[C@@H]1[C@@H](c1ccc(N=Cc3cc(Br)ccc3OCc3cccc(F)c3)cc1)N2. The third-order valence-electron chi connectivity index (χ3n) is 7.38. The largest absolute Gasteiger partial charge is 0.488 e. The molecule has 0 saturated heterocycles. The third kappa shape index (κ3) is 5.16. The fraction of sp³-hybridized carbons (Fsp3) is 0.182. The van der Waals surface area contributed by atoms with Crippen molar-refractivity contribution < 1.29 is 9.13 Å². The maximum absolute atomic E-state index is 13.5. The summed E-state index contributed by atoms with van der Waals surface area (Å²) in [5, 5.41) is 3.81. The molecule has 3 atom stereocenters. The lowest BCUT2D eigenvalue weighted by Gasteiger charge is -2.37. The maximum Gasteiger partial charge on any atom is 0.128 e. The lowest BCUT2D eigenvalue weighted by molar-refractivity contribution is 0.305. The van der Waals surface area contributed by atoms with Crippen molar-refractivity contribution in [2.45, 2.75) is 31.9 Å². The molecule has 3 nitrogen and oxygen atoms in total. The molecule has 0 amide bonds. The van der Waals surface area contributed by atoms with Crippen molar-refractivity contribution in [1.82, 2.24) is 0 Å². The van der Waals surface area contributed by atoms with Gasteiger partial charge < -0.3 is 10.1 Å². The Kier molecular flexibility index (Phi) is 6.86. The molecule has 1 aliphatic heterocycles. The Morgan fingerprint density at radius 2 is 1.89 bits per heavy atom. The monoisotopic (exact) mass is 566 g/mol. The van der Waals surface area contributed by atoms with E-state index in [1.807, 2.05) is 30.5 Å². The number of hydrogen-bond acceptors (Lipinski definition) is 3. The molecule has 6 rings (SSSR count). The molecule has 1 heterocycles. The zero-order valence-electron chi connectivity index (χ0n) is 21.1. The number of aryl methyl sites for hydroxylation is 1. The Bertz CT molecular complexity index is 1530. The van der Waals surface area contributed by atoms with Crippen LogP contribution in [0.5, 0.6) is 5.75 Å². The smallest absolute Gasteiger partial charge is 0.128 e. The highest BCUT2D eigenvalue weighted by atomic mass is 79.9. The fourth-order valence-corrected chi connectivity index (χ4v) is 5.87. The average molecular weight is 568 g/mol. The number of fused-ring (bicyclic) bond motifs is 3. The average Bonchev–Trinajstić information content (AvgIpc) is 3.42. The van der Waals surface area contributed by atoms with Crippen molar-refractivity contribution in [3.63, 3.8) is 0 Å². The predicted octanol–water partition coefficient (Wildman–Crippen LogP) is 9.05. The topological polar surface area (TPSA) is 33.6 Å². The zero-order valence-corrected chi connectivity index (χ0v) is 22.7. The van der Waals surface area contributed by atoms with Gasteiger partial charge in [0.15, 0.2) is 0 Å². The van der Waals surface area contributed by atoms with E-state index in [9.17, 15) is 4.39 Å². The molecule has 0 fully saturated rings. The van der Waals surface area contributed by atoms with Crippen LogP contribution in [0.3, 0.4) is 0 Å². The van der Waals surface area contributed by atoms with E-state index in [1.54, 1.807) is 6.07 Å². The van der Waals surface area contributed by atoms with Crippen molar-refractivity contribution in [2.24, 2.45) is 10.9 Å². The number of nitrogens with one attached hydrogen (secondary N) is 1. The molecule has 38 heavy (non-hydrogen) atoms. The minimum Gasteiger partial charge on any atom is -0.488 e. The number of hydrogen-bond donors (Lipinski definition) is 1. The Morgan fingerprint density at radius 1 is 1.03 bits per heavy atom. The molecular weight excluding hydrogens is 539 g/mol. The van der Waals surface area contributed by atoms with Gasteiger partial charge in [0.1, 0.15) is 18.2 Å². The lowest BCUT2D eigenvalue weighted by atomic mass is 9.76. The highest BCUT2D eigenvalue weighted by Gasteiger charge is 2.37. The number of anilines is 1. The first kappa shape index (κ1) is 24.6. The van der Waals surface area contributed by atoms with Crippen LogP contribution in [0, 0.1) is 18.7 Å². The molecule has 5 heteroatoms. The Balaban J connectivity index is 1.19. The molecule has 1 aliphatic carbocycles. The van der Waals surface area contributed by atoms with Gasteiger partial charge >= 0.3 is 0 Å². The highest BCUT2D eigenvalue weighted by Crippen LogP contribution is 2.50. The van der Waals surface area contributed by atoms with Gasteiger partial charge in [0.05, 0.1) is 11.7 Å². The van der Waals surface area contributed by atoms with E-state index in [4.69, 9.17) is 9.73 Å². The summed E-state index contributed by atoms with van der Waals surface area (Å²) < 4.78 is 20.5. The van der Waals surface area contributed by atoms with Crippen LogP contribution >= 0.6 is 15.9 Å². The van der Waals surface area contributed by atoms with Gasteiger partial charge in [-0.3, -0.25) is 4.99 Å². The molecule has 4 aromatic carbocycles. The summed E-state index contributed by atoms with van der Waals surface area (Å²) in [4.78, 5) is 4.73. The number of aliphatic imine (C=N–C) groups is 1. The Labute approximate surface area is 231 Å². The second kappa shape index (κ2) is 10.6. The minimum atomic E-state index is -0.269. The van der Waals surface area contributed by atoms with Crippen molar-refractivity contribution in [1.29, 1.82) is 0 Å². The minimum absolute atomic E-state index is 0.260. The van der Waals surface area contributed by atoms with Gasteiger partial charge in [0, 0.05) is 27.9 Å². The number of benzene rings is 4. The van der Waals surface area contributed by atoms with E-state index in [1.165, 1.54) is 34.5 Å². The number of ether oxygens (including phenoxy) is 1. The highest BCUT2D eigenvalue weighted by molar-refractivity contribution is 9.10. The molecule has 0 aromatic heterocycles. The number of halogens is 2. The zero-order chi connectivity index (χ0) is 26.1. The second-order valence-corrected chi connectivity index (χ2v) is 10.9. The van der Waals surface area contributed by atoms with E-state index in [-0.39, 0.29) is 18.5 Å². The van der Waals surface area contributed by atoms with Gasteiger partial charge in [0.25, 0.3) is 0 Å². The van der Waals surface area contributed by atoms with Crippen molar-refractivity contribution in [3.05, 3.63) is 135 Å². The van der Waals surface area contributed by atoms with Crippen LogP contribution in [0.4, 0.5) is 15.8 Å². The van der Waals surface area contributed by atoms with E-state index in [2.05, 4.69) is 82.8 Å². The molecule has 4 aromatic rings. The van der Waals surface area contributed by atoms with Gasteiger partial charge in [-0.1, -0.05) is 70.0 Å². The van der Waals surface area contributed by atoms with Crippen molar-refractivity contribution >= 4 is 33.5 Å². The lowest BCUT2D eigenvalue weighted by Crippen LogP contribution is -2.29. The number of nitrogens with zero attached hydrogens (tertiary/aromatic N) is 1. The van der Waals surface area contributed by atoms with Crippen molar-refractivity contribution in [3.8, 4) is 5.75 Å². The first-order valence-electron chi connectivity index (χ1n) is 12.9. The first-order chi connectivity index (χ1) is 18.5. The summed E-state index contributed by atoms with van der Waals surface area (Å²) in [7, 11) is 0. The van der Waals surface area contributed by atoms with Crippen LogP contribution in [0.1, 0.15) is 46.2 Å². The van der Waals surface area contributed by atoms with Gasteiger partial charge in [-0.15, -0.1) is 0 Å². The van der Waals surface area contributed by atoms with Crippen LogP contribution in [0.15, 0.2) is 107 Å². The van der Waals surface area contributed by atoms with Gasteiger partial charge in [-0.2, -0.15) is 0 Å². The van der Waals surface area contributed by atoms with E-state index in [0.29, 0.717) is 17.6 Å². The van der Waals surface area contributed by atoms with Crippen LogP contribution in [-0.2, 0) is 6.61 Å². The van der Waals surface area contributed by atoms with Gasteiger partial charge in [-0.25, -0.2) is 4.39 Å². The van der Waals surface area contributed by atoms with Gasteiger partial charge in [0.2, 0.25) is 0 Å². The third-order valence-corrected chi connectivity index (χ3v) is 7.87. The second-order valence-electron chi connectivity index (χ2n) is 10.0. The Hall–Kier alpha value is -3.70. The maximum atomic E-state index is 13.5. The summed E-state index contributed by atoms with van der Waals surface area (Å²) in [5.41, 5.74) is 7.72. The summed E-state index contributed by atoms with van der Waals surface area (Å²) in [6.45, 7) is 2.44. The normalized spacial score (nSPS) is 19.7. The molecule has 190 valence electrons. The van der Waals surface area contributed by atoms with Crippen LogP contribution in [0.25, 0.3) is 0 Å². The van der Waals surface area contributed by atoms with E-state index >= 15 is 0 Å². The van der Waals surface area contributed by atoms with Crippen LogP contribution < -0.4 is 10.1 Å².